The Labute approximate surface area is 152 Å². The molecule has 6 heteroatoms. The molecule has 1 aliphatic carbocycles. The molecule has 3 rings (SSSR count). The minimum Gasteiger partial charge on any atom is -0.467 e. The molecule has 1 saturated carbocycles. The molecule has 2 amide bonds. The van der Waals surface area contributed by atoms with Gasteiger partial charge in [0.1, 0.15) is 11.6 Å². The second-order valence-corrected chi connectivity index (χ2v) is 6.69. The maximum Gasteiger partial charge on any atom is 0.223 e. The lowest BCUT2D eigenvalue weighted by molar-refractivity contribution is -0.130. The molecule has 2 aromatic rings. The van der Waals surface area contributed by atoms with Gasteiger partial charge in [-0.05, 0) is 55.5 Å². The number of nitrogens with one attached hydrogen (secondary N) is 2. The SMILES string of the molecule is O=C(NCc1ccc(F)cc1)C1CCC(C(=O)NCc2ccco2)CC1. The molecule has 2 N–H and O–H groups in total. The molecule has 1 heterocycles. The van der Waals surface area contributed by atoms with Gasteiger partial charge in [-0.3, -0.25) is 9.59 Å². The molecule has 0 unspecified atom stereocenters. The summed E-state index contributed by atoms with van der Waals surface area (Å²) in [4.78, 5) is 24.5. The third kappa shape index (κ3) is 4.94. The summed E-state index contributed by atoms with van der Waals surface area (Å²) in [7, 11) is 0. The standard InChI is InChI=1S/C20H23FN2O3/c21-17-9-3-14(4-10-17)12-22-19(24)15-5-7-16(8-6-15)20(25)23-13-18-2-1-11-26-18/h1-4,9-11,15-16H,5-8,12-13H2,(H,22,24)(H,23,25). The van der Waals surface area contributed by atoms with Crippen molar-refractivity contribution in [3.63, 3.8) is 0 Å². The molecular weight excluding hydrogens is 335 g/mol. The molecule has 1 aromatic carbocycles. The molecule has 5 nitrogen and oxygen atoms in total. The highest BCUT2D eigenvalue weighted by Crippen LogP contribution is 2.29. The van der Waals surface area contributed by atoms with E-state index in [1.165, 1.54) is 12.1 Å². The van der Waals surface area contributed by atoms with Crippen molar-refractivity contribution in [2.24, 2.45) is 11.8 Å². The van der Waals surface area contributed by atoms with Gasteiger partial charge in [0, 0.05) is 18.4 Å². The number of halogens is 1. The molecule has 0 atom stereocenters. The predicted molar refractivity (Wildman–Crippen MR) is 94.2 cm³/mol. The average molecular weight is 358 g/mol. The van der Waals surface area contributed by atoms with E-state index in [0.717, 1.165) is 11.3 Å². The van der Waals surface area contributed by atoms with E-state index >= 15 is 0 Å². The van der Waals surface area contributed by atoms with Gasteiger partial charge < -0.3 is 15.1 Å². The van der Waals surface area contributed by atoms with Crippen LogP contribution >= 0.6 is 0 Å². The van der Waals surface area contributed by atoms with E-state index < -0.39 is 0 Å². The molecular formula is C20H23FN2O3. The normalized spacial score (nSPS) is 19.7. The Morgan fingerprint density at radius 2 is 1.50 bits per heavy atom. The monoisotopic (exact) mass is 358 g/mol. The summed E-state index contributed by atoms with van der Waals surface area (Å²) in [5.74, 6) is 0.349. The zero-order chi connectivity index (χ0) is 18.4. The summed E-state index contributed by atoms with van der Waals surface area (Å²) >= 11 is 0. The largest absolute Gasteiger partial charge is 0.467 e. The summed E-state index contributed by atoms with van der Waals surface area (Å²) in [6.45, 7) is 0.784. The molecule has 0 radical (unpaired) electrons. The van der Waals surface area contributed by atoms with E-state index in [9.17, 15) is 14.0 Å². The lowest BCUT2D eigenvalue weighted by atomic mass is 9.81. The summed E-state index contributed by atoms with van der Waals surface area (Å²) in [6, 6.07) is 9.70. The summed E-state index contributed by atoms with van der Waals surface area (Å²) < 4.78 is 18.1. The van der Waals surface area contributed by atoms with Crippen molar-refractivity contribution in [3.8, 4) is 0 Å². The first-order valence-corrected chi connectivity index (χ1v) is 8.94. The number of furan rings is 1. The first-order valence-electron chi connectivity index (χ1n) is 8.94. The fraction of sp³-hybridized carbons (Fsp3) is 0.400. The van der Waals surface area contributed by atoms with Gasteiger partial charge in [-0.2, -0.15) is 0 Å². The first kappa shape index (κ1) is 18.2. The number of carbonyl (C=O) groups is 2. The first-order chi connectivity index (χ1) is 12.6. The van der Waals surface area contributed by atoms with Gasteiger partial charge in [0.05, 0.1) is 12.8 Å². The maximum atomic E-state index is 12.9. The van der Waals surface area contributed by atoms with Crippen molar-refractivity contribution in [1.82, 2.24) is 10.6 Å². The number of amides is 2. The lowest BCUT2D eigenvalue weighted by Crippen LogP contribution is -2.37. The van der Waals surface area contributed by atoms with Crippen molar-refractivity contribution >= 4 is 11.8 Å². The number of benzene rings is 1. The van der Waals surface area contributed by atoms with Gasteiger partial charge in [0.25, 0.3) is 0 Å². The summed E-state index contributed by atoms with van der Waals surface area (Å²) in [5.41, 5.74) is 0.866. The highest BCUT2D eigenvalue weighted by Gasteiger charge is 2.29. The molecule has 0 saturated heterocycles. The average Bonchev–Trinajstić information content (AvgIpc) is 3.19. The molecule has 1 aromatic heterocycles. The maximum absolute atomic E-state index is 12.9. The van der Waals surface area contributed by atoms with Crippen LogP contribution in [0.2, 0.25) is 0 Å². The molecule has 0 aliphatic heterocycles. The minimum atomic E-state index is -0.288. The Morgan fingerprint density at radius 1 is 0.923 bits per heavy atom. The lowest BCUT2D eigenvalue weighted by Gasteiger charge is -2.27. The van der Waals surface area contributed by atoms with E-state index in [-0.39, 0.29) is 29.5 Å². The van der Waals surface area contributed by atoms with Gasteiger partial charge in [0.2, 0.25) is 11.8 Å². The molecule has 0 spiro atoms. The van der Waals surface area contributed by atoms with Crippen molar-refractivity contribution in [2.45, 2.75) is 38.8 Å². The zero-order valence-corrected chi connectivity index (χ0v) is 14.5. The van der Waals surface area contributed by atoms with Crippen molar-refractivity contribution in [1.29, 1.82) is 0 Å². The van der Waals surface area contributed by atoms with E-state index in [2.05, 4.69) is 10.6 Å². The quantitative estimate of drug-likeness (QED) is 0.833. The Kier molecular flexibility index (Phi) is 6.04. The van der Waals surface area contributed by atoms with Crippen molar-refractivity contribution in [3.05, 3.63) is 59.8 Å². The van der Waals surface area contributed by atoms with Crippen LogP contribution in [0.5, 0.6) is 0 Å². The third-order valence-electron chi connectivity index (χ3n) is 4.87. The van der Waals surface area contributed by atoms with Crippen LogP contribution in [0.25, 0.3) is 0 Å². The van der Waals surface area contributed by atoms with Crippen LogP contribution in [0, 0.1) is 17.7 Å². The van der Waals surface area contributed by atoms with Gasteiger partial charge in [-0.15, -0.1) is 0 Å². The fourth-order valence-corrected chi connectivity index (χ4v) is 3.29. The predicted octanol–water partition coefficient (Wildman–Crippen LogP) is 3.16. The smallest absolute Gasteiger partial charge is 0.223 e. The highest BCUT2D eigenvalue weighted by molar-refractivity contribution is 5.81. The third-order valence-corrected chi connectivity index (χ3v) is 4.87. The van der Waals surface area contributed by atoms with Gasteiger partial charge in [-0.1, -0.05) is 12.1 Å². The van der Waals surface area contributed by atoms with Crippen LogP contribution in [0.4, 0.5) is 4.39 Å². The van der Waals surface area contributed by atoms with E-state index in [4.69, 9.17) is 4.42 Å². The van der Waals surface area contributed by atoms with Crippen LogP contribution in [0.3, 0.4) is 0 Å². The van der Waals surface area contributed by atoms with Gasteiger partial charge >= 0.3 is 0 Å². The van der Waals surface area contributed by atoms with Crippen LogP contribution in [0.1, 0.15) is 37.0 Å². The van der Waals surface area contributed by atoms with Crippen LogP contribution in [-0.2, 0) is 22.7 Å². The molecule has 26 heavy (non-hydrogen) atoms. The van der Waals surface area contributed by atoms with Crippen molar-refractivity contribution in [2.75, 3.05) is 0 Å². The van der Waals surface area contributed by atoms with Crippen molar-refractivity contribution < 1.29 is 18.4 Å². The van der Waals surface area contributed by atoms with Crippen LogP contribution in [-0.4, -0.2) is 11.8 Å². The number of carbonyl (C=O) groups excluding carboxylic acids is 2. The van der Waals surface area contributed by atoms with Gasteiger partial charge in [0.15, 0.2) is 0 Å². The molecule has 138 valence electrons. The fourth-order valence-electron chi connectivity index (χ4n) is 3.29. The number of hydrogen-bond donors (Lipinski definition) is 2. The number of hydrogen-bond acceptors (Lipinski definition) is 3. The van der Waals surface area contributed by atoms with E-state index in [0.29, 0.717) is 38.8 Å². The summed E-state index contributed by atoms with van der Waals surface area (Å²) in [6.07, 6.45) is 4.40. The minimum absolute atomic E-state index is 0.00349. The molecule has 1 fully saturated rings. The second kappa shape index (κ2) is 8.65. The van der Waals surface area contributed by atoms with Crippen LogP contribution < -0.4 is 10.6 Å². The number of rotatable bonds is 6. The Balaban J connectivity index is 1.39. The topological polar surface area (TPSA) is 71.3 Å². The Morgan fingerprint density at radius 3 is 2.04 bits per heavy atom. The molecule has 1 aliphatic rings. The highest BCUT2D eigenvalue weighted by atomic mass is 19.1. The zero-order valence-electron chi connectivity index (χ0n) is 14.5. The van der Waals surface area contributed by atoms with Crippen LogP contribution in [0.15, 0.2) is 47.1 Å². The Bertz CT molecular complexity index is 720. The van der Waals surface area contributed by atoms with E-state index in [1.54, 1.807) is 24.5 Å². The molecule has 0 bridgehead atoms. The Hall–Kier alpha value is -2.63. The summed E-state index contributed by atoms with van der Waals surface area (Å²) in [5, 5.41) is 5.79. The van der Waals surface area contributed by atoms with E-state index in [1.807, 2.05) is 6.07 Å². The van der Waals surface area contributed by atoms with Gasteiger partial charge in [-0.25, -0.2) is 4.39 Å². The second-order valence-electron chi connectivity index (χ2n) is 6.69.